The predicted octanol–water partition coefficient (Wildman–Crippen LogP) is 8.64. The summed E-state index contributed by atoms with van der Waals surface area (Å²) in [4.78, 5) is 0. The van der Waals surface area contributed by atoms with E-state index in [4.69, 9.17) is 23.5 Å². The van der Waals surface area contributed by atoms with Gasteiger partial charge in [-0.25, -0.2) is 0 Å². The Bertz CT molecular complexity index is 2130. The van der Waals surface area contributed by atoms with Crippen LogP contribution in [0, 0.1) is 0 Å². The first-order chi connectivity index (χ1) is 27.2. The summed E-state index contributed by atoms with van der Waals surface area (Å²) in [5.74, 6) is 3.89. The number of phenolic OH excluding ortho intramolecular Hbond substituents is 2. The number of rotatable bonds is 13. The Balaban J connectivity index is 1.53. The molecular formula is C48H45O7P. The Morgan fingerprint density at radius 3 is 0.821 bits per heavy atom. The van der Waals surface area contributed by atoms with E-state index in [0.29, 0.717) is 5.75 Å². The predicted molar refractivity (Wildman–Crippen MR) is 226 cm³/mol. The third-order valence-corrected chi connectivity index (χ3v) is 16.6. The third kappa shape index (κ3) is 6.34. The average molecular weight is 765 g/mol. The van der Waals surface area contributed by atoms with E-state index < -0.39 is 12.2 Å². The van der Waals surface area contributed by atoms with E-state index in [0.717, 1.165) is 60.9 Å². The zero-order chi connectivity index (χ0) is 39.4. The van der Waals surface area contributed by atoms with Gasteiger partial charge in [-0.3, -0.25) is 0 Å². The van der Waals surface area contributed by atoms with Gasteiger partial charge in [-0.05, 0) is 0 Å². The molecule has 0 fully saturated rings. The Morgan fingerprint density at radius 2 is 0.571 bits per heavy atom. The monoisotopic (exact) mass is 764 g/mol. The fraction of sp³-hybridized carbons (Fsp3) is 0.125. The van der Waals surface area contributed by atoms with Gasteiger partial charge in [0.1, 0.15) is 0 Å². The quantitative estimate of drug-likeness (QED) is 0.0899. The Labute approximate surface area is 328 Å². The van der Waals surface area contributed by atoms with Gasteiger partial charge in [-0.2, -0.15) is 0 Å². The summed E-state index contributed by atoms with van der Waals surface area (Å²) < 4.78 is 30.6. The molecule has 8 heteroatoms. The van der Waals surface area contributed by atoms with Crippen molar-refractivity contribution in [2.75, 3.05) is 28.4 Å². The van der Waals surface area contributed by atoms with Crippen LogP contribution >= 0.6 is 6.83 Å². The second-order valence-corrected chi connectivity index (χ2v) is 18.0. The van der Waals surface area contributed by atoms with Crippen LogP contribution in [0.15, 0.2) is 170 Å². The number of hydrogen-bond donors (Lipinski definition) is 2. The van der Waals surface area contributed by atoms with Crippen molar-refractivity contribution >= 4 is 28.0 Å². The molecule has 0 aromatic heterocycles. The SMILES string of the molecule is COc1ccc(P(Oc2ccc(C(C)(c3ccc(O)cc3)c3ccc(O)cc3)cc2)(c2ccc(OC)cc2)(c2ccc(OC)cc2)c2ccc(OC)cc2)cc1. The van der Waals surface area contributed by atoms with Crippen LogP contribution in [0.4, 0.5) is 0 Å². The molecule has 0 spiro atoms. The molecule has 7 nitrogen and oxygen atoms in total. The van der Waals surface area contributed by atoms with Gasteiger partial charge in [0.2, 0.25) is 0 Å². The van der Waals surface area contributed by atoms with E-state index in [9.17, 15) is 10.2 Å². The van der Waals surface area contributed by atoms with Crippen molar-refractivity contribution < 1.29 is 33.7 Å². The molecule has 284 valence electrons. The van der Waals surface area contributed by atoms with Crippen LogP contribution in [-0.2, 0) is 5.41 Å². The van der Waals surface area contributed by atoms with E-state index in [-0.39, 0.29) is 11.5 Å². The van der Waals surface area contributed by atoms with Crippen molar-refractivity contribution in [1.29, 1.82) is 0 Å². The maximum absolute atomic E-state index is 10.2. The summed E-state index contributed by atoms with van der Waals surface area (Å²) in [6, 6.07) is 55.3. The molecule has 0 aliphatic heterocycles. The summed E-state index contributed by atoms with van der Waals surface area (Å²) in [6.45, 7) is -2.12. The van der Waals surface area contributed by atoms with Crippen molar-refractivity contribution in [3.8, 4) is 40.2 Å². The summed E-state index contributed by atoms with van der Waals surface area (Å²) >= 11 is 0. The molecular weight excluding hydrogens is 719 g/mol. The van der Waals surface area contributed by atoms with Crippen molar-refractivity contribution in [2.45, 2.75) is 12.3 Å². The van der Waals surface area contributed by atoms with E-state index in [1.807, 2.05) is 84.9 Å². The van der Waals surface area contributed by atoms with Crippen molar-refractivity contribution in [2.24, 2.45) is 0 Å². The fourth-order valence-electron chi connectivity index (χ4n) is 7.72. The van der Waals surface area contributed by atoms with Gasteiger partial charge in [0, 0.05) is 0 Å². The average Bonchev–Trinajstić information content (AvgIpc) is 3.26. The number of aromatic hydroxyl groups is 2. The zero-order valence-corrected chi connectivity index (χ0v) is 32.9. The number of hydrogen-bond acceptors (Lipinski definition) is 7. The third-order valence-electron chi connectivity index (χ3n) is 10.9. The molecule has 7 rings (SSSR count). The molecule has 0 heterocycles. The molecule has 0 unspecified atom stereocenters. The Kier molecular flexibility index (Phi) is 10.4. The first-order valence-electron chi connectivity index (χ1n) is 18.2. The van der Waals surface area contributed by atoms with Gasteiger partial charge in [-0.1, -0.05) is 0 Å². The van der Waals surface area contributed by atoms with Gasteiger partial charge in [0.05, 0.1) is 0 Å². The second kappa shape index (κ2) is 15.4. The van der Waals surface area contributed by atoms with E-state index in [1.54, 1.807) is 52.7 Å². The van der Waals surface area contributed by atoms with E-state index >= 15 is 0 Å². The summed E-state index contributed by atoms with van der Waals surface area (Å²) in [7, 11) is 6.64. The number of methoxy groups -OCH3 is 4. The van der Waals surface area contributed by atoms with Crippen LogP contribution in [0.1, 0.15) is 23.6 Å². The van der Waals surface area contributed by atoms with E-state index in [2.05, 4.69) is 67.6 Å². The van der Waals surface area contributed by atoms with Crippen LogP contribution in [0.2, 0.25) is 0 Å². The second-order valence-electron chi connectivity index (χ2n) is 13.7. The van der Waals surface area contributed by atoms with Gasteiger partial charge in [0.15, 0.2) is 0 Å². The molecule has 0 aliphatic carbocycles. The first kappa shape index (κ1) is 37.9. The molecule has 0 bridgehead atoms. The van der Waals surface area contributed by atoms with E-state index in [1.165, 1.54) is 0 Å². The van der Waals surface area contributed by atoms with Crippen LogP contribution in [-0.4, -0.2) is 38.7 Å². The molecule has 2 N–H and O–H groups in total. The summed E-state index contributed by atoms with van der Waals surface area (Å²) in [5.41, 5.74) is 2.29. The number of ether oxygens (including phenoxy) is 4. The molecule has 0 saturated heterocycles. The summed E-state index contributed by atoms with van der Waals surface area (Å²) in [5, 5.41) is 24.2. The van der Waals surface area contributed by atoms with Gasteiger partial charge < -0.3 is 0 Å². The Morgan fingerprint density at radius 1 is 0.339 bits per heavy atom. The van der Waals surface area contributed by atoms with Crippen LogP contribution in [0.5, 0.6) is 40.2 Å². The fourth-order valence-corrected chi connectivity index (χ4v) is 13.3. The molecule has 0 atom stereocenters. The van der Waals surface area contributed by atoms with Crippen molar-refractivity contribution in [3.05, 3.63) is 187 Å². The van der Waals surface area contributed by atoms with Crippen molar-refractivity contribution in [3.63, 3.8) is 0 Å². The zero-order valence-electron chi connectivity index (χ0n) is 32.0. The molecule has 7 aromatic rings. The Hall–Kier alpha value is -6.43. The molecule has 7 aromatic carbocycles. The minimum absolute atomic E-state index is 0.186. The van der Waals surface area contributed by atoms with Crippen LogP contribution in [0.25, 0.3) is 0 Å². The van der Waals surface area contributed by atoms with Crippen molar-refractivity contribution in [1.82, 2.24) is 0 Å². The maximum atomic E-state index is 10.2. The standard InChI is InChI=1S/C48H45O7P/c1-48(34-6-12-37(49)13-7-34,35-8-14-38(50)15-9-35)36-10-16-43(17-11-36)55-56(44-26-18-39(51-2)19-27-44,45-28-20-40(52-3)21-29-45,46-30-22-41(53-4)23-31-46)47-32-24-42(54-5)25-33-47/h6-33,49-50H,1-5H3. The molecule has 56 heavy (non-hydrogen) atoms. The first-order valence-corrected chi connectivity index (χ1v) is 20.3. The van der Waals surface area contributed by atoms with Gasteiger partial charge >= 0.3 is 329 Å². The summed E-state index contributed by atoms with van der Waals surface area (Å²) in [6.07, 6.45) is 0. The number of benzene rings is 7. The number of phenols is 2. The minimum atomic E-state index is -4.26. The normalized spacial score (nSPS) is 12.2. The van der Waals surface area contributed by atoms with Crippen LogP contribution in [0.3, 0.4) is 0 Å². The van der Waals surface area contributed by atoms with Crippen LogP contribution < -0.4 is 44.7 Å². The molecule has 0 aliphatic rings. The van der Waals surface area contributed by atoms with Gasteiger partial charge in [0.25, 0.3) is 0 Å². The van der Waals surface area contributed by atoms with Gasteiger partial charge in [-0.15, -0.1) is 0 Å². The molecule has 0 amide bonds. The molecule has 0 saturated carbocycles. The molecule has 0 radical (unpaired) electrons. The topological polar surface area (TPSA) is 86.6 Å².